The van der Waals surface area contributed by atoms with Gasteiger partial charge in [0.2, 0.25) is 0 Å². The average Bonchev–Trinajstić information content (AvgIpc) is 2.10. The molecule has 0 amide bonds. The van der Waals surface area contributed by atoms with E-state index in [0.717, 1.165) is 0 Å². The topological polar surface area (TPSA) is 54.4 Å². The Morgan fingerprint density at radius 2 is 0.900 bits per heavy atom. The van der Waals surface area contributed by atoms with Crippen LogP contribution in [0.4, 0.5) is 48.3 Å². The van der Waals surface area contributed by atoms with Gasteiger partial charge in [-0.2, -0.15) is 52.3 Å². The third-order valence-corrected chi connectivity index (χ3v) is 3.07. The zero-order valence-electron chi connectivity index (χ0n) is 8.33. The van der Waals surface area contributed by atoms with Gasteiger partial charge in [-0.3, -0.25) is 4.55 Å². The van der Waals surface area contributed by atoms with Crippen LogP contribution in [0.1, 0.15) is 0 Å². The summed E-state index contributed by atoms with van der Waals surface area (Å²) in [5.74, 6) is -15.6. The Bertz CT molecular complexity index is 473. The minimum atomic E-state index is -7.88. The minimum Gasteiger partial charge on any atom is -0.283 e. The summed E-state index contributed by atoms with van der Waals surface area (Å²) in [6, 6.07) is 0. The largest absolute Gasteiger partial charge is 0.460 e. The monoisotopic (exact) mass is 350 g/mol. The molecule has 0 spiro atoms. The fourth-order valence-corrected chi connectivity index (χ4v) is 1.61. The lowest BCUT2D eigenvalue weighted by Crippen LogP contribution is -2.70. The molecular weight excluding hydrogens is 349 g/mol. The molecule has 1 atom stereocenters. The van der Waals surface area contributed by atoms with E-state index in [1.165, 1.54) is 0 Å². The molecule has 0 aromatic rings. The predicted molar refractivity (Wildman–Crippen MR) is 37.4 cm³/mol. The highest BCUT2D eigenvalue weighted by atomic mass is 32.2. The van der Waals surface area contributed by atoms with Crippen LogP contribution < -0.4 is 0 Å². The molecule has 0 saturated heterocycles. The molecule has 0 aliphatic rings. The first kappa shape index (κ1) is 19.1. The van der Waals surface area contributed by atoms with Gasteiger partial charge in [0.05, 0.1) is 0 Å². The Kier molecular flexibility index (Phi) is 4.13. The van der Waals surface area contributed by atoms with Gasteiger partial charge in [-0.05, 0) is 0 Å². The third kappa shape index (κ3) is 2.29. The predicted octanol–water partition coefficient (Wildman–Crippen LogP) is 2.94. The Hall–Kier alpha value is -0.860. The Morgan fingerprint density at radius 1 is 0.600 bits per heavy atom. The van der Waals surface area contributed by atoms with Crippen LogP contribution in [-0.4, -0.2) is 42.2 Å². The van der Waals surface area contributed by atoms with Gasteiger partial charge in [0, 0.05) is 0 Å². The fraction of sp³-hybridized carbons (Fsp3) is 1.00. The number of hydrogen-bond donors (Lipinski definition) is 1. The van der Waals surface area contributed by atoms with Gasteiger partial charge >= 0.3 is 39.3 Å². The van der Waals surface area contributed by atoms with E-state index in [-0.39, 0.29) is 0 Å². The van der Waals surface area contributed by atoms with Crippen molar-refractivity contribution < 1.29 is 61.3 Å². The van der Waals surface area contributed by atoms with E-state index in [1.54, 1.807) is 0 Å². The molecule has 1 N–H and O–H groups in total. The maximum Gasteiger partial charge on any atom is 0.460 e. The van der Waals surface area contributed by atoms with E-state index in [0.29, 0.717) is 0 Å². The quantitative estimate of drug-likeness (QED) is 0.629. The molecule has 20 heavy (non-hydrogen) atoms. The maximum absolute atomic E-state index is 12.9. The second-order valence-corrected chi connectivity index (χ2v) is 4.73. The Labute approximate surface area is 102 Å². The van der Waals surface area contributed by atoms with Crippen molar-refractivity contribution in [1.29, 1.82) is 0 Å². The summed E-state index contributed by atoms with van der Waals surface area (Å²) in [6.45, 7) is 0. The molecule has 15 heteroatoms. The molecule has 0 heterocycles. The van der Waals surface area contributed by atoms with Gasteiger partial charge in [0.1, 0.15) is 0 Å². The van der Waals surface area contributed by atoms with Crippen LogP contribution in [-0.2, 0) is 10.1 Å². The molecule has 0 bridgehead atoms. The van der Waals surface area contributed by atoms with E-state index in [1.807, 2.05) is 0 Å². The second-order valence-electron chi connectivity index (χ2n) is 3.21. The van der Waals surface area contributed by atoms with Crippen LogP contribution in [0.25, 0.3) is 0 Å². The molecule has 3 nitrogen and oxygen atoms in total. The molecule has 1 unspecified atom stereocenters. The lowest BCUT2D eigenvalue weighted by Gasteiger charge is -2.36. The summed E-state index contributed by atoms with van der Waals surface area (Å²) in [5.41, 5.74) is 0. The minimum absolute atomic E-state index is 7.43. The number of halogens is 11. The highest BCUT2D eigenvalue weighted by molar-refractivity contribution is 7.87. The third-order valence-electron chi connectivity index (χ3n) is 1.87. The van der Waals surface area contributed by atoms with Crippen molar-refractivity contribution >= 4 is 10.1 Å². The molecule has 0 aromatic heterocycles. The van der Waals surface area contributed by atoms with Crippen LogP contribution in [0.5, 0.6) is 0 Å². The van der Waals surface area contributed by atoms with Crippen LogP contribution in [0, 0.1) is 0 Å². The van der Waals surface area contributed by atoms with Gasteiger partial charge in [0.15, 0.2) is 0 Å². The molecule has 0 rings (SSSR count). The molecule has 0 fully saturated rings. The van der Waals surface area contributed by atoms with Crippen molar-refractivity contribution in [3.63, 3.8) is 0 Å². The summed E-state index contributed by atoms with van der Waals surface area (Å²) in [4.78, 5) is 0. The maximum atomic E-state index is 12.9. The van der Waals surface area contributed by atoms with Crippen molar-refractivity contribution in [3.8, 4) is 0 Å². The number of rotatable bonds is 3. The van der Waals surface area contributed by atoms with Crippen molar-refractivity contribution in [2.24, 2.45) is 0 Å². The molecule has 0 saturated carbocycles. The summed E-state index contributed by atoms with van der Waals surface area (Å²) >= 11 is 0. The van der Waals surface area contributed by atoms with Crippen molar-refractivity contribution in [2.45, 2.75) is 29.2 Å². The van der Waals surface area contributed by atoms with E-state index >= 15 is 0 Å². The van der Waals surface area contributed by atoms with Crippen LogP contribution in [0.3, 0.4) is 0 Å². The van der Waals surface area contributed by atoms with Gasteiger partial charge in [0.25, 0.3) is 0 Å². The van der Waals surface area contributed by atoms with E-state index in [2.05, 4.69) is 0 Å². The Balaban J connectivity index is 6.54. The average molecular weight is 350 g/mol. The molecular formula is C5HF11O3S. The van der Waals surface area contributed by atoms with Crippen LogP contribution in [0.2, 0.25) is 0 Å². The lowest BCUT2D eigenvalue weighted by atomic mass is 10.1. The number of hydrogen-bond acceptors (Lipinski definition) is 2. The lowest BCUT2D eigenvalue weighted by molar-refractivity contribution is -0.395. The first-order valence-corrected chi connectivity index (χ1v) is 5.24. The molecule has 0 aliphatic carbocycles. The van der Waals surface area contributed by atoms with Crippen molar-refractivity contribution in [1.82, 2.24) is 0 Å². The normalized spacial score (nSPS) is 18.8. The first-order chi connectivity index (χ1) is 8.25. The first-order valence-electron chi connectivity index (χ1n) is 3.80. The molecule has 0 aromatic carbocycles. The van der Waals surface area contributed by atoms with Crippen LogP contribution >= 0.6 is 0 Å². The molecule has 122 valence electrons. The SMILES string of the molecule is O=S(=O)(O)C(F)(C(F)(F)F)C(F)(F)C(F)(F)C(F)(F)F. The summed E-state index contributed by atoms with van der Waals surface area (Å²) < 4.78 is 161. The van der Waals surface area contributed by atoms with Crippen molar-refractivity contribution in [3.05, 3.63) is 0 Å². The van der Waals surface area contributed by atoms with Crippen molar-refractivity contribution in [2.75, 3.05) is 0 Å². The van der Waals surface area contributed by atoms with Gasteiger partial charge in [-0.1, -0.05) is 0 Å². The Morgan fingerprint density at radius 3 is 1.05 bits per heavy atom. The van der Waals surface area contributed by atoms with Crippen LogP contribution in [0.15, 0.2) is 0 Å². The van der Waals surface area contributed by atoms with E-state index in [4.69, 9.17) is 4.55 Å². The van der Waals surface area contributed by atoms with E-state index < -0.39 is 39.3 Å². The van der Waals surface area contributed by atoms with Gasteiger partial charge in [-0.25, -0.2) is 4.39 Å². The molecule has 0 aliphatic heterocycles. The summed E-state index contributed by atoms with van der Waals surface area (Å²) in [5, 5.41) is -7.56. The highest BCUT2D eigenvalue weighted by Crippen LogP contribution is 2.58. The fourth-order valence-electron chi connectivity index (χ4n) is 0.866. The molecule has 0 radical (unpaired) electrons. The van der Waals surface area contributed by atoms with E-state index in [9.17, 15) is 56.7 Å². The zero-order chi connectivity index (χ0) is 17.0. The summed E-state index contributed by atoms with van der Waals surface area (Å²) in [7, 11) is -7.74. The van der Waals surface area contributed by atoms with Gasteiger partial charge in [-0.15, -0.1) is 0 Å². The second kappa shape index (κ2) is 4.32. The highest BCUT2D eigenvalue weighted by Gasteiger charge is 2.91. The van der Waals surface area contributed by atoms with Gasteiger partial charge < -0.3 is 0 Å². The zero-order valence-corrected chi connectivity index (χ0v) is 9.15. The summed E-state index contributed by atoms with van der Waals surface area (Å²) in [6.07, 6.45) is -14.9. The standard InChI is InChI=1S/C5HF11O3S/c6-1(7,2(8,9)4(11,12)13)3(10,5(14,15)16)20(17,18)19/h(H,17,18,19). The smallest absolute Gasteiger partial charge is 0.283 e. The number of alkyl halides is 11.